The smallest absolute Gasteiger partial charge is 0.0717 e. The minimum absolute atomic E-state index is 0.693. The van der Waals surface area contributed by atoms with Crippen LogP contribution in [0.4, 0.5) is 0 Å². The highest BCUT2D eigenvalue weighted by molar-refractivity contribution is 5.85. The number of aryl methyl sites for hydroxylation is 1. The molecular formula is C22H25NO. The first-order valence-electron chi connectivity index (χ1n) is 9.03. The highest BCUT2D eigenvalue weighted by Gasteiger charge is 2.22. The van der Waals surface area contributed by atoms with Crippen molar-refractivity contribution in [2.45, 2.75) is 39.3 Å². The van der Waals surface area contributed by atoms with Crippen molar-refractivity contribution in [3.8, 4) is 0 Å². The topological polar surface area (TPSA) is 14.2 Å². The molecule has 0 N–H and O–H groups in total. The third-order valence-corrected chi connectivity index (χ3v) is 5.19. The first kappa shape index (κ1) is 15.5. The van der Waals surface area contributed by atoms with Crippen molar-refractivity contribution >= 4 is 10.9 Å². The van der Waals surface area contributed by atoms with Gasteiger partial charge in [0.25, 0.3) is 0 Å². The molecule has 0 saturated carbocycles. The third-order valence-electron chi connectivity index (χ3n) is 5.19. The van der Waals surface area contributed by atoms with Crippen LogP contribution in [0.1, 0.15) is 30.2 Å². The molecule has 0 saturated heterocycles. The number of ether oxygens (including phenoxy) is 1. The predicted molar refractivity (Wildman–Crippen MR) is 99.2 cm³/mol. The Labute approximate surface area is 144 Å². The molecule has 1 heterocycles. The first-order chi connectivity index (χ1) is 11.8. The van der Waals surface area contributed by atoms with Gasteiger partial charge in [-0.1, -0.05) is 55.5 Å². The second-order valence-electron chi connectivity index (χ2n) is 6.98. The molecule has 0 fully saturated rings. The van der Waals surface area contributed by atoms with E-state index in [2.05, 4.69) is 60.0 Å². The van der Waals surface area contributed by atoms with Crippen molar-refractivity contribution in [1.29, 1.82) is 0 Å². The fourth-order valence-corrected chi connectivity index (χ4v) is 3.94. The van der Waals surface area contributed by atoms with Crippen LogP contribution in [-0.4, -0.2) is 11.2 Å². The minimum Gasteiger partial charge on any atom is -0.375 e. The van der Waals surface area contributed by atoms with Crippen molar-refractivity contribution < 1.29 is 4.74 Å². The Morgan fingerprint density at radius 3 is 2.71 bits per heavy atom. The molecule has 24 heavy (non-hydrogen) atoms. The first-order valence-corrected chi connectivity index (χ1v) is 9.03. The number of benzene rings is 2. The molecule has 1 atom stereocenters. The molecule has 0 radical (unpaired) electrons. The van der Waals surface area contributed by atoms with Crippen LogP contribution >= 0.6 is 0 Å². The average molecular weight is 319 g/mol. The summed E-state index contributed by atoms with van der Waals surface area (Å²) in [6.45, 7) is 4.76. The molecule has 1 aliphatic carbocycles. The molecule has 4 rings (SSSR count). The lowest BCUT2D eigenvalue weighted by Gasteiger charge is -2.21. The molecule has 1 aliphatic rings. The third kappa shape index (κ3) is 2.99. The van der Waals surface area contributed by atoms with Gasteiger partial charge in [0.15, 0.2) is 0 Å². The van der Waals surface area contributed by atoms with Gasteiger partial charge < -0.3 is 9.30 Å². The molecule has 1 aromatic heterocycles. The van der Waals surface area contributed by atoms with E-state index in [4.69, 9.17) is 4.74 Å². The number of aromatic nitrogens is 1. The lowest BCUT2D eigenvalue weighted by atomic mass is 9.88. The van der Waals surface area contributed by atoms with Gasteiger partial charge in [-0.15, -0.1) is 0 Å². The van der Waals surface area contributed by atoms with Gasteiger partial charge in [0.05, 0.1) is 13.2 Å². The van der Waals surface area contributed by atoms with E-state index >= 15 is 0 Å². The number of hydrogen-bond donors (Lipinski definition) is 0. The van der Waals surface area contributed by atoms with Gasteiger partial charge in [-0.25, -0.2) is 0 Å². The maximum Gasteiger partial charge on any atom is 0.0717 e. The summed E-state index contributed by atoms with van der Waals surface area (Å²) in [5, 5.41) is 1.45. The van der Waals surface area contributed by atoms with Crippen LogP contribution in [0.15, 0.2) is 54.6 Å². The van der Waals surface area contributed by atoms with Gasteiger partial charge in [0.1, 0.15) is 0 Å². The van der Waals surface area contributed by atoms with E-state index in [1.54, 1.807) is 11.3 Å². The van der Waals surface area contributed by atoms with Gasteiger partial charge in [-0.05, 0) is 42.4 Å². The number of para-hydroxylation sites is 1. The zero-order valence-corrected chi connectivity index (χ0v) is 14.4. The van der Waals surface area contributed by atoms with Gasteiger partial charge in [-0.2, -0.15) is 0 Å². The zero-order chi connectivity index (χ0) is 16.4. The standard InChI is InChI=1S/C22H25NO/c1-17-11-12-20-19-9-5-6-10-21(19)23(22(20)15-17)13-14-24-16-18-7-3-2-4-8-18/h2-10,17H,11-16H2,1H3. The maximum atomic E-state index is 5.94. The number of rotatable bonds is 5. The van der Waals surface area contributed by atoms with Crippen LogP contribution in [0.25, 0.3) is 10.9 Å². The van der Waals surface area contributed by atoms with Crippen molar-refractivity contribution in [3.05, 3.63) is 71.4 Å². The fourth-order valence-electron chi connectivity index (χ4n) is 3.94. The largest absolute Gasteiger partial charge is 0.375 e. The van der Waals surface area contributed by atoms with Crippen LogP contribution in [0.2, 0.25) is 0 Å². The molecule has 0 bridgehead atoms. The summed E-state index contributed by atoms with van der Waals surface area (Å²) in [7, 11) is 0. The zero-order valence-electron chi connectivity index (χ0n) is 14.4. The Morgan fingerprint density at radius 1 is 1.04 bits per heavy atom. The lowest BCUT2D eigenvalue weighted by Crippen LogP contribution is -2.16. The van der Waals surface area contributed by atoms with E-state index in [1.165, 1.54) is 35.7 Å². The van der Waals surface area contributed by atoms with Crippen molar-refractivity contribution in [1.82, 2.24) is 4.57 Å². The molecule has 0 amide bonds. The van der Waals surface area contributed by atoms with Crippen LogP contribution in [0.5, 0.6) is 0 Å². The van der Waals surface area contributed by atoms with Crippen LogP contribution in [0, 0.1) is 5.92 Å². The lowest BCUT2D eigenvalue weighted by molar-refractivity contribution is 0.113. The SMILES string of the molecule is CC1CCc2c(n(CCOCc3ccccc3)c3ccccc23)C1. The fraction of sp³-hybridized carbons (Fsp3) is 0.364. The van der Waals surface area contributed by atoms with Crippen LogP contribution in [0.3, 0.4) is 0 Å². The van der Waals surface area contributed by atoms with Crippen LogP contribution < -0.4 is 0 Å². The van der Waals surface area contributed by atoms with E-state index in [9.17, 15) is 0 Å². The Kier molecular flexibility index (Phi) is 4.40. The summed E-state index contributed by atoms with van der Waals surface area (Å²) in [6.07, 6.45) is 3.73. The molecule has 124 valence electrons. The highest BCUT2D eigenvalue weighted by atomic mass is 16.5. The summed E-state index contributed by atoms with van der Waals surface area (Å²) in [5.74, 6) is 0.783. The molecule has 2 aromatic carbocycles. The van der Waals surface area contributed by atoms with Gasteiger partial charge in [0.2, 0.25) is 0 Å². The normalized spacial score (nSPS) is 17.1. The second-order valence-corrected chi connectivity index (χ2v) is 6.98. The number of fused-ring (bicyclic) bond motifs is 3. The van der Waals surface area contributed by atoms with Crippen molar-refractivity contribution in [3.63, 3.8) is 0 Å². The summed E-state index contributed by atoms with van der Waals surface area (Å²) in [6, 6.07) is 19.3. The Hall–Kier alpha value is -2.06. The summed E-state index contributed by atoms with van der Waals surface area (Å²) < 4.78 is 8.44. The van der Waals surface area contributed by atoms with E-state index < -0.39 is 0 Å². The summed E-state index contributed by atoms with van der Waals surface area (Å²) in [4.78, 5) is 0. The number of hydrogen-bond acceptors (Lipinski definition) is 1. The minimum atomic E-state index is 0.693. The van der Waals surface area contributed by atoms with Crippen molar-refractivity contribution in [2.75, 3.05) is 6.61 Å². The average Bonchev–Trinajstić information content (AvgIpc) is 2.93. The van der Waals surface area contributed by atoms with E-state index in [0.717, 1.165) is 19.1 Å². The van der Waals surface area contributed by atoms with E-state index in [-0.39, 0.29) is 0 Å². The molecule has 0 spiro atoms. The molecule has 0 aliphatic heterocycles. The molecule has 1 unspecified atom stereocenters. The maximum absolute atomic E-state index is 5.94. The molecule has 2 heteroatoms. The van der Waals surface area contributed by atoms with Gasteiger partial charge in [-0.3, -0.25) is 0 Å². The number of nitrogens with zero attached hydrogens (tertiary/aromatic N) is 1. The van der Waals surface area contributed by atoms with Crippen molar-refractivity contribution in [2.24, 2.45) is 5.92 Å². The van der Waals surface area contributed by atoms with Crippen LogP contribution in [-0.2, 0) is 30.7 Å². The Morgan fingerprint density at radius 2 is 1.83 bits per heavy atom. The molecule has 3 aromatic rings. The van der Waals surface area contributed by atoms with E-state index in [0.29, 0.717) is 6.61 Å². The summed E-state index contributed by atoms with van der Waals surface area (Å²) in [5.41, 5.74) is 5.73. The second kappa shape index (κ2) is 6.82. The molecule has 2 nitrogen and oxygen atoms in total. The van der Waals surface area contributed by atoms with E-state index in [1.807, 2.05) is 6.07 Å². The summed E-state index contributed by atoms with van der Waals surface area (Å²) >= 11 is 0. The quantitative estimate of drug-likeness (QED) is 0.605. The Bertz CT molecular complexity index is 819. The monoisotopic (exact) mass is 319 g/mol. The van der Waals surface area contributed by atoms with Gasteiger partial charge in [0, 0.05) is 23.1 Å². The Balaban J connectivity index is 1.52. The molecular weight excluding hydrogens is 294 g/mol. The van der Waals surface area contributed by atoms with Gasteiger partial charge >= 0.3 is 0 Å². The predicted octanol–water partition coefficient (Wildman–Crippen LogP) is 4.98. The highest BCUT2D eigenvalue weighted by Crippen LogP contribution is 2.34.